The fraction of sp³-hybridized carbons (Fsp3) is 0.417. The topological polar surface area (TPSA) is 35.5 Å². The Balaban J connectivity index is 3.09. The molecule has 0 aliphatic rings. The highest BCUT2D eigenvalue weighted by Gasteiger charge is 2.32. The molecule has 0 spiro atoms. The Morgan fingerprint density at radius 3 is 2.50 bits per heavy atom. The number of ether oxygens (including phenoxy) is 2. The van der Waals surface area contributed by atoms with E-state index in [1.165, 1.54) is 26.4 Å². The third-order valence-electron chi connectivity index (χ3n) is 2.44. The molecular weight excluding hydrogens is 249 g/mol. The molecule has 3 nitrogen and oxygen atoms in total. The first-order valence-corrected chi connectivity index (χ1v) is 5.14. The van der Waals surface area contributed by atoms with E-state index < -0.39 is 23.6 Å². The minimum atomic E-state index is -4.44. The van der Waals surface area contributed by atoms with Crippen molar-refractivity contribution in [1.29, 1.82) is 0 Å². The van der Waals surface area contributed by atoms with Gasteiger partial charge in [-0.3, -0.25) is 4.79 Å². The van der Waals surface area contributed by atoms with E-state index >= 15 is 0 Å². The molecule has 18 heavy (non-hydrogen) atoms. The van der Waals surface area contributed by atoms with Crippen molar-refractivity contribution in [2.45, 2.75) is 12.1 Å². The van der Waals surface area contributed by atoms with Gasteiger partial charge in [0, 0.05) is 7.11 Å². The van der Waals surface area contributed by atoms with Crippen LogP contribution >= 0.6 is 0 Å². The van der Waals surface area contributed by atoms with Crippen LogP contribution in [0.4, 0.5) is 13.2 Å². The second-order valence-electron chi connectivity index (χ2n) is 3.65. The lowest BCUT2D eigenvalue weighted by Crippen LogP contribution is -2.19. The third-order valence-corrected chi connectivity index (χ3v) is 2.44. The molecule has 0 aromatic heterocycles. The van der Waals surface area contributed by atoms with Crippen LogP contribution in [0.25, 0.3) is 0 Å². The zero-order chi connectivity index (χ0) is 13.8. The number of carbonyl (C=O) groups is 1. The Labute approximate surface area is 103 Å². The van der Waals surface area contributed by atoms with Crippen LogP contribution in [0, 0.1) is 0 Å². The minimum absolute atomic E-state index is 0.0337. The number of esters is 1. The molecule has 0 amide bonds. The van der Waals surface area contributed by atoms with Crippen molar-refractivity contribution in [3.05, 3.63) is 35.4 Å². The van der Waals surface area contributed by atoms with Gasteiger partial charge in [-0.15, -0.1) is 0 Å². The molecule has 1 unspecified atom stereocenters. The molecule has 0 saturated heterocycles. The molecule has 1 aromatic carbocycles. The standard InChI is InChI=1S/C12H13F3O3/c1-17-7-10(11(16)18-2)8-4-3-5-9(6-8)12(13,14)15/h3-6,10H,7H2,1-2H3. The molecule has 1 rings (SSSR count). The molecule has 0 radical (unpaired) electrons. The number of hydrogen-bond donors (Lipinski definition) is 0. The summed E-state index contributed by atoms with van der Waals surface area (Å²) in [6, 6.07) is 4.57. The summed E-state index contributed by atoms with van der Waals surface area (Å²) in [7, 11) is 2.54. The van der Waals surface area contributed by atoms with E-state index in [1.807, 2.05) is 0 Å². The highest BCUT2D eigenvalue weighted by atomic mass is 19.4. The summed E-state index contributed by atoms with van der Waals surface area (Å²) in [5.41, 5.74) is -0.580. The molecule has 0 aliphatic carbocycles. The van der Waals surface area contributed by atoms with E-state index in [-0.39, 0.29) is 12.2 Å². The second kappa shape index (κ2) is 5.86. The van der Waals surface area contributed by atoms with Gasteiger partial charge in [0.25, 0.3) is 0 Å². The highest BCUT2D eigenvalue weighted by Crippen LogP contribution is 2.31. The molecule has 0 N–H and O–H groups in total. The van der Waals surface area contributed by atoms with Gasteiger partial charge in [0.1, 0.15) is 5.92 Å². The summed E-state index contributed by atoms with van der Waals surface area (Å²) >= 11 is 0. The van der Waals surface area contributed by atoms with Crippen LogP contribution in [-0.2, 0) is 20.4 Å². The summed E-state index contributed by atoms with van der Waals surface area (Å²) in [6.07, 6.45) is -4.44. The van der Waals surface area contributed by atoms with Crippen LogP contribution in [-0.4, -0.2) is 26.8 Å². The predicted molar refractivity (Wildman–Crippen MR) is 58.1 cm³/mol. The van der Waals surface area contributed by atoms with E-state index in [2.05, 4.69) is 4.74 Å². The van der Waals surface area contributed by atoms with E-state index in [0.717, 1.165) is 12.1 Å². The van der Waals surface area contributed by atoms with E-state index in [0.29, 0.717) is 0 Å². The van der Waals surface area contributed by atoms with Crippen LogP contribution in [0.1, 0.15) is 17.0 Å². The Bertz CT molecular complexity index is 415. The lowest BCUT2D eigenvalue weighted by atomic mass is 9.98. The molecule has 1 aromatic rings. The Hall–Kier alpha value is -1.56. The molecule has 1 atom stereocenters. The van der Waals surface area contributed by atoms with Gasteiger partial charge < -0.3 is 9.47 Å². The maximum atomic E-state index is 12.6. The Morgan fingerprint density at radius 1 is 1.33 bits per heavy atom. The summed E-state index contributed by atoms with van der Waals surface area (Å²) in [6.45, 7) is -0.0337. The number of rotatable bonds is 4. The molecule has 100 valence electrons. The van der Waals surface area contributed by atoms with E-state index in [1.54, 1.807) is 0 Å². The number of benzene rings is 1. The average Bonchev–Trinajstić information content (AvgIpc) is 2.34. The summed E-state index contributed by atoms with van der Waals surface area (Å²) < 4.78 is 47.0. The highest BCUT2D eigenvalue weighted by molar-refractivity contribution is 5.78. The van der Waals surface area contributed by atoms with Gasteiger partial charge in [0.2, 0.25) is 0 Å². The van der Waals surface area contributed by atoms with Crippen molar-refractivity contribution >= 4 is 5.97 Å². The summed E-state index contributed by atoms with van der Waals surface area (Å²) in [5.74, 6) is -1.49. The monoisotopic (exact) mass is 262 g/mol. The predicted octanol–water partition coefficient (Wildman–Crippen LogP) is 2.61. The van der Waals surface area contributed by atoms with Crippen LogP contribution in [0.5, 0.6) is 0 Å². The van der Waals surface area contributed by atoms with Gasteiger partial charge >= 0.3 is 12.1 Å². The van der Waals surface area contributed by atoms with Gasteiger partial charge in [0.15, 0.2) is 0 Å². The minimum Gasteiger partial charge on any atom is -0.468 e. The van der Waals surface area contributed by atoms with E-state index in [9.17, 15) is 18.0 Å². The number of halogens is 3. The maximum Gasteiger partial charge on any atom is 0.416 e. The van der Waals surface area contributed by atoms with Crippen molar-refractivity contribution in [1.82, 2.24) is 0 Å². The van der Waals surface area contributed by atoms with Crippen molar-refractivity contribution in [3.8, 4) is 0 Å². The first-order chi connectivity index (χ1) is 8.40. The zero-order valence-corrected chi connectivity index (χ0v) is 9.95. The molecule has 6 heteroatoms. The second-order valence-corrected chi connectivity index (χ2v) is 3.65. The lowest BCUT2D eigenvalue weighted by Gasteiger charge is -2.15. The molecule has 0 aliphatic heterocycles. The van der Waals surface area contributed by atoms with Gasteiger partial charge in [-0.1, -0.05) is 18.2 Å². The summed E-state index contributed by atoms with van der Waals surface area (Å²) in [5, 5.41) is 0. The number of methoxy groups -OCH3 is 2. The number of carbonyl (C=O) groups excluding carboxylic acids is 1. The largest absolute Gasteiger partial charge is 0.468 e. The molecule has 0 saturated carbocycles. The summed E-state index contributed by atoms with van der Waals surface area (Å²) in [4.78, 5) is 11.5. The normalized spacial score (nSPS) is 13.2. The first-order valence-electron chi connectivity index (χ1n) is 5.14. The fourth-order valence-corrected chi connectivity index (χ4v) is 1.54. The van der Waals surface area contributed by atoms with Crippen molar-refractivity contribution < 1.29 is 27.4 Å². The molecule has 0 bridgehead atoms. The van der Waals surface area contributed by atoms with Crippen LogP contribution in [0.3, 0.4) is 0 Å². The SMILES string of the molecule is COCC(C(=O)OC)c1cccc(C(F)(F)F)c1. The third kappa shape index (κ3) is 3.46. The quantitative estimate of drug-likeness (QED) is 0.782. The van der Waals surface area contributed by atoms with Gasteiger partial charge in [0.05, 0.1) is 19.3 Å². The number of hydrogen-bond acceptors (Lipinski definition) is 3. The Morgan fingerprint density at radius 2 is 2.00 bits per heavy atom. The lowest BCUT2D eigenvalue weighted by molar-refractivity contribution is -0.144. The average molecular weight is 262 g/mol. The first kappa shape index (κ1) is 14.5. The van der Waals surface area contributed by atoms with Crippen molar-refractivity contribution in [3.63, 3.8) is 0 Å². The van der Waals surface area contributed by atoms with E-state index in [4.69, 9.17) is 4.74 Å². The van der Waals surface area contributed by atoms with Gasteiger partial charge in [-0.2, -0.15) is 13.2 Å². The Kier molecular flexibility index (Phi) is 4.72. The molecular formula is C12H13F3O3. The molecule has 0 heterocycles. The van der Waals surface area contributed by atoms with Gasteiger partial charge in [-0.25, -0.2) is 0 Å². The van der Waals surface area contributed by atoms with Crippen LogP contribution < -0.4 is 0 Å². The van der Waals surface area contributed by atoms with Crippen LogP contribution in [0.2, 0.25) is 0 Å². The zero-order valence-electron chi connectivity index (χ0n) is 9.95. The molecule has 0 fully saturated rings. The fourth-order valence-electron chi connectivity index (χ4n) is 1.54. The maximum absolute atomic E-state index is 12.6. The van der Waals surface area contributed by atoms with Crippen molar-refractivity contribution in [2.24, 2.45) is 0 Å². The van der Waals surface area contributed by atoms with Crippen LogP contribution in [0.15, 0.2) is 24.3 Å². The van der Waals surface area contributed by atoms with Crippen molar-refractivity contribution in [2.75, 3.05) is 20.8 Å². The smallest absolute Gasteiger partial charge is 0.416 e. The van der Waals surface area contributed by atoms with Gasteiger partial charge in [-0.05, 0) is 11.6 Å². The number of alkyl halides is 3.